The van der Waals surface area contributed by atoms with Gasteiger partial charge in [-0.15, -0.1) is 0 Å². The highest BCUT2D eigenvalue weighted by molar-refractivity contribution is 5.79. The Kier molecular flexibility index (Phi) is 4.72. The minimum atomic E-state index is -4.60. The summed E-state index contributed by atoms with van der Waals surface area (Å²) >= 11 is 0. The van der Waals surface area contributed by atoms with Crippen LogP contribution in [-0.4, -0.2) is 35.4 Å². The van der Waals surface area contributed by atoms with Crippen molar-refractivity contribution in [3.05, 3.63) is 23.8 Å². The van der Waals surface area contributed by atoms with Crippen molar-refractivity contribution < 1.29 is 27.8 Å². The predicted octanol–water partition coefficient (Wildman–Crippen LogP) is 3.13. The number of carboxylic acids is 1. The number of hydrogen-bond acceptors (Lipinski definition) is 4. The van der Waals surface area contributed by atoms with Gasteiger partial charge >= 0.3 is 12.1 Å². The van der Waals surface area contributed by atoms with E-state index in [0.717, 1.165) is 12.1 Å². The number of ether oxygens (including phenoxy) is 1. The Morgan fingerprint density at radius 3 is 2.46 bits per heavy atom. The van der Waals surface area contributed by atoms with Crippen LogP contribution in [0.1, 0.15) is 32.8 Å². The lowest BCUT2D eigenvalue weighted by atomic mass is 10.1. The third kappa shape index (κ3) is 4.11. The average Bonchev–Trinajstić information content (AvgIpc) is 2.79. The molecule has 1 heterocycles. The maximum atomic E-state index is 13.0. The van der Waals surface area contributed by atoms with E-state index >= 15 is 0 Å². The molecule has 3 N–H and O–H groups in total. The molecule has 1 aliphatic rings. The van der Waals surface area contributed by atoms with Crippen molar-refractivity contribution >= 4 is 17.3 Å². The highest BCUT2D eigenvalue weighted by atomic mass is 19.4. The summed E-state index contributed by atoms with van der Waals surface area (Å²) in [5.41, 5.74) is 3.74. The molecule has 2 atom stereocenters. The Morgan fingerprint density at radius 2 is 1.96 bits per heavy atom. The van der Waals surface area contributed by atoms with Gasteiger partial charge in [0.15, 0.2) is 0 Å². The van der Waals surface area contributed by atoms with Gasteiger partial charge in [0, 0.05) is 24.3 Å². The minimum Gasteiger partial charge on any atom is -0.480 e. The number of anilines is 2. The second-order valence-corrected chi connectivity index (χ2v) is 6.86. The van der Waals surface area contributed by atoms with Crippen LogP contribution < -0.4 is 10.6 Å². The molecule has 1 aromatic carbocycles. The maximum absolute atomic E-state index is 13.0. The van der Waals surface area contributed by atoms with E-state index in [-0.39, 0.29) is 30.4 Å². The van der Waals surface area contributed by atoms with Crippen LogP contribution in [0.3, 0.4) is 0 Å². The van der Waals surface area contributed by atoms with E-state index < -0.39 is 29.4 Å². The van der Waals surface area contributed by atoms with E-state index in [1.807, 2.05) is 20.8 Å². The van der Waals surface area contributed by atoms with Gasteiger partial charge in [-0.2, -0.15) is 13.2 Å². The molecule has 24 heavy (non-hydrogen) atoms. The first kappa shape index (κ1) is 18.4. The topological polar surface area (TPSA) is 75.8 Å². The second-order valence-electron chi connectivity index (χ2n) is 6.86. The van der Waals surface area contributed by atoms with Crippen LogP contribution in [0.4, 0.5) is 24.5 Å². The van der Waals surface area contributed by atoms with Gasteiger partial charge in [0.05, 0.1) is 17.3 Å². The fourth-order valence-electron chi connectivity index (χ4n) is 2.87. The van der Waals surface area contributed by atoms with E-state index in [9.17, 15) is 23.1 Å². The molecule has 2 unspecified atom stereocenters. The quantitative estimate of drug-likeness (QED) is 0.823. The molecule has 0 saturated carbocycles. The first-order valence-electron chi connectivity index (χ1n) is 7.52. The molecule has 0 amide bonds. The van der Waals surface area contributed by atoms with Gasteiger partial charge in [0.2, 0.25) is 0 Å². The van der Waals surface area contributed by atoms with Gasteiger partial charge in [-0.3, -0.25) is 0 Å². The number of rotatable bonds is 3. The number of nitrogen functional groups attached to an aromatic ring is 1. The molecule has 1 saturated heterocycles. The first-order valence-corrected chi connectivity index (χ1v) is 7.52. The molecule has 8 heteroatoms. The lowest BCUT2D eigenvalue weighted by Gasteiger charge is -2.26. The van der Waals surface area contributed by atoms with Crippen LogP contribution in [0.15, 0.2) is 18.2 Å². The minimum absolute atomic E-state index is 0.170. The average molecular weight is 346 g/mol. The van der Waals surface area contributed by atoms with Crippen LogP contribution in [0, 0.1) is 0 Å². The van der Waals surface area contributed by atoms with Gasteiger partial charge in [-0.1, -0.05) is 0 Å². The van der Waals surface area contributed by atoms with E-state index in [1.165, 1.54) is 11.0 Å². The number of carboxylic acid groups (broad SMARTS) is 1. The Labute approximate surface area is 138 Å². The van der Waals surface area contributed by atoms with Gasteiger partial charge < -0.3 is 20.5 Å². The molecule has 0 radical (unpaired) electrons. The molecule has 2 rings (SSSR count). The predicted molar refractivity (Wildman–Crippen MR) is 83.9 cm³/mol. The SMILES string of the molecule is CC(C)(C)OC1CC(C(=O)O)N(c2ccc(N)c(C(F)(F)F)c2)C1. The first-order chi connectivity index (χ1) is 10.9. The number of nitrogens with two attached hydrogens (primary N) is 1. The number of alkyl halides is 3. The van der Waals surface area contributed by atoms with Crippen LogP contribution in [0.5, 0.6) is 0 Å². The molecule has 1 aliphatic heterocycles. The molecule has 0 spiro atoms. The van der Waals surface area contributed by atoms with Crippen molar-refractivity contribution in [3.63, 3.8) is 0 Å². The third-order valence-corrected chi connectivity index (χ3v) is 3.74. The van der Waals surface area contributed by atoms with Gasteiger partial charge in [0.1, 0.15) is 6.04 Å². The Bertz CT molecular complexity index is 626. The molecule has 0 aliphatic carbocycles. The number of aliphatic carboxylic acids is 1. The summed E-state index contributed by atoms with van der Waals surface area (Å²) < 4.78 is 44.9. The molecule has 1 fully saturated rings. The number of benzene rings is 1. The van der Waals surface area contributed by atoms with E-state index in [0.29, 0.717) is 0 Å². The van der Waals surface area contributed by atoms with Crippen molar-refractivity contribution in [2.75, 3.05) is 17.2 Å². The summed E-state index contributed by atoms with van der Waals surface area (Å²) in [5, 5.41) is 9.40. The lowest BCUT2D eigenvalue weighted by Crippen LogP contribution is -2.36. The summed E-state index contributed by atoms with van der Waals surface area (Å²) in [6, 6.07) is 2.50. The molecular formula is C16H21F3N2O3. The van der Waals surface area contributed by atoms with Gasteiger partial charge in [-0.05, 0) is 39.0 Å². The zero-order chi connectivity index (χ0) is 18.3. The molecule has 0 aromatic heterocycles. The molecule has 5 nitrogen and oxygen atoms in total. The fourth-order valence-corrected chi connectivity index (χ4v) is 2.87. The van der Waals surface area contributed by atoms with Crippen molar-refractivity contribution in [3.8, 4) is 0 Å². The van der Waals surface area contributed by atoms with E-state index in [1.54, 1.807) is 0 Å². The highest BCUT2D eigenvalue weighted by Crippen LogP contribution is 2.38. The lowest BCUT2D eigenvalue weighted by molar-refractivity contribution is -0.139. The standard InChI is InChI=1S/C16H21F3N2O3/c1-15(2,3)24-10-7-13(14(22)23)21(8-10)9-4-5-12(20)11(6-9)16(17,18)19/h4-6,10,13H,7-8,20H2,1-3H3,(H,22,23). The number of nitrogens with zero attached hydrogens (tertiary/aromatic N) is 1. The zero-order valence-corrected chi connectivity index (χ0v) is 13.7. The number of carbonyl (C=O) groups is 1. The summed E-state index contributed by atoms with van der Waals surface area (Å²) in [6.07, 6.45) is -4.77. The number of hydrogen-bond donors (Lipinski definition) is 2. The Balaban J connectivity index is 2.33. The van der Waals surface area contributed by atoms with Crippen molar-refractivity contribution in [1.82, 2.24) is 0 Å². The van der Waals surface area contributed by atoms with Crippen LogP contribution in [0.25, 0.3) is 0 Å². The summed E-state index contributed by atoms with van der Waals surface area (Å²) in [6.45, 7) is 5.73. The van der Waals surface area contributed by atoms with Crippen LogP contribution in [0.2, 0.25) is 0 Å². The van der Waals surface area contributed by atoms with Crippen molar-refractivity contribution in [2.24, 2.45) is 0 Å². The fraction of sp³-hybridized carbons (Fsp3) is 0.562. The smallest absolute Gasteiger partial charge is 0.418 e. The summed E-state index contributed by atoms with van der Waals surface area (Å²) in [7, 11) is 0. The highest BCUT2D eigenvalue weighted by Gasteiger charge is 2.40. The summed E-state index contributed by atoms with van der Waals surface area (Å²) in [4.78, 5) is 12.9. The maximum Gasteiger partial charge on any atom is 0.418 e. The zero-order valence-electron chi connectivity index (χ0n) is 13.7. The largest absolute Gasteiger partial charge is 0.480 e. The van der Waals surface area contributed by atoms with E-state index in [2.05, 4.69) is 0 Å². The van der Waals surface area contributed by atoms with Gasteiger partial charge in [-0.25, -0.2) is 4.79 Å². The molecule has 134 valence electrons. The molecule has 1 aromatic rings. The van der Waals surface area contributed by atoms with Crippen molar-refractivity contribution in [1.29, 1.82) is 0 Å². The van der Waals surface area contributed by atoms with E-state index in [4.69, 9.17) is 10.5 Å². The monoisotopic (exact) mass is 346 g/mol. The second kappa shape index (κ2) is 6.16. The summed E-state index contributed by atoms with van der Waals surface area (Å²) in [5.74, 6) is -1.10. The molecular weight excluding hydrogens is 325 g/mol. The Hall–Kier alpha value is -1.96. The Morgan fingerprint density at radius 1 is 1.33 bits per heavy atom. The number of halogens is 3. The van der Waals surface area contributed by atoms with Gasteiger partial charge in [0.25, 0.3) is 0 Å². The third-order valence-electron chi connectivity index (χ3n) is 3.74. The van der Waals surface area contributed by atoms with Crippen LogP contribution in [-0.2, 0) is 15.7 Å². The van der Waals surface area contributed by atoms with Crippen molar-refractivity contribution in [2.45, 2.75) is 51.1 Å². The molecule has 0 bridgehead atoms. The normalized spacial score (nSPS) is 22.0. The van der Waals surface area contributed by atoms with Crippen LogP contribution >= 0.6 is 0 Å².